The van der Waals surface area contributed by atoms with Crippen LogP contribution in [0.4, 0.5) is 0 Å². The zero-order valence-electron chi connectivity index (χ0n) is 12.3. The fraction of sp³-hybridized carbons (Fsp3) is 0.467. The molecule has 5 nitrogen and oxygen atoms in total. The minimum absolute atomic E-state index is 0.0418. The predicted molar refractivity (Wildman–Crippen MR) is 79.7 cm³/mol. The summed E-state index contributed by atoms with van der Waals surface area (Å²) in [5, 5.41) is 14.8. The third kappa shape index (κ3) is 3.73. The Labute approximate surface area is 119 Å². The number of benzene rings is 1. The number of carbonyl (C=O) groups excluding carboxylic acids is 1. The van der Waals surface area contributed by atoms with Gasteiger partial charge in [-0.15, -0.1) is 0 Å². The van der Waals surface area contributed by atoms with Gasteiger partial charge in [0.25, 0.3) is 0 Å². The van der Waals surface area contributed by atoms with Crippen LogP contribution in [0.3, 0.4) is 0 Å². The number of nitrogens with two attached hydrogens (primary N) is 1. The summed E-state index contributed by atoms with van der Waals surface area (Å²) in [6.07, 6.45) is 1.42. The van der Waals surface area contributed by atoms with Crippen LogP contribution in [-0.2, 0) is 11.2 Å². The van der Waals surface area contributed by atoms with E-state index in [0.29, 0.717) is 12.8 Å². The molecule has 5 heteroatoms. The van der Waals surface area contributed by atoms with Gasteiger partial charge in [-0.2, -0.15) is 0 Å². The molecule has 4 N–H and O–H groups in total. The highest BCUT2D eigenvalue weighted by Crippen LogP contribution is 2.16. The van der Waals surface area contributed by atoms with Crippen LogP contribution in [0.1, 0.15) is 37.8 Å². The third-order valence-corrected chi connectivity index (χ3v) is 3.63. The highest BCUT2D eigenvalue weighted by Gasteiger charge is 2.33. The summed E-state index contributed by atoms with van der Waals surface area (Å²) in [7, 11) is 0. The summed E-state index contributed by atoms with van der Waals surface area (Å²) < 4.78 is 0. The number of rotatable bonds is 6. The lowest BCUT2D eigenvalue weighted by Crippen LogP contribution is -2.57. The molecular weight excluding hydrogens is 254 g/mol. The molecule has 1 aromatic carbocycles. The van der Waals surface area contributed by atoms with Crippen LogP contribution in [-0.4, -0.2) is 22.5 Å². The van der Waals surface area contributed by atoms with E-state index < -0.39 is 5.54 Å². The number of aryl methyl sites for hydroxylation is 1. The fourth-order valence-corrected chi connectivity index (χ4v) is 2.27. The van der Waals surface area contributed by atoms with Crippen molar-refractivity contribution in [1.29, 1.82) is 0 Å². The van der Waals surface area contributed by atoms with Gasteiger partial charge in [-0.05, 0) is 25.3 Å². The first-order chi connectivity index (χ1) is 9.47. The second kappa shape index (κ2) is 6.93. The van der Waals surface area contributed by atoms with Crippen LogP contribution in [0.25, 0.3) is 0 Å². The smallest absolute Gasteiger partial charge is 0.225 e. The second-order valence-corrected chi connectivity index (χ2v) is 4.99. The van der Waals surface area contributed by atoms with Crippen molar-refractivity contribution in [2.75, 3.05) is 0 Å². The van der Waals surface area contributed by atoms with Crippen LogP contribution in [0, 0.1) is 6.92 Å². The molecule has 110 valence electrons. The SMILES string of the molecule is CCC(CC)(NC(=O)Cc1cccc(C)c1)C(N)=NO. The Bertz CT molecular complexity index is 494. The maximum absolute atomic E-state index is 12.2. The molecule has 0 aliphatic carbocycles. The summed E-state index contributed by atoms with van der Waals surface area (Å²) in [4.78, 5) is 12.2. The Hall–Kier alpha value is -2.04. The number of carbonyl (C=O) groups is 1. The molecule has 0 aliphatic heterocycles. The number of amides is 1. The number of nitrogens with one attached hydrogen (secondary N) is 1. The van der Waals surface area contributed by atoms with E-state index >= 15 is 0 Å². The van der Waals surface area contributed by atoms with Gasteiger partial charge in [0, 0.05) is 0 Å². The Balaban J connectivity index is 2.82. The molecule has 0 spiro atoms. The average Bonchev–Trinajstić information content (AvgIpc) is 2.44. The first-order valence-corrected chi connectivity index (χ1v) is 6.82. The number of hydrogen-bond donors (Lipinski definition) is 3. The number of oxime groups is 1. The third-order valence-electron chi connectivity index (χ3n) is 3.63. The fourth-order valence-electron chi connectivity index (χ4n) is 2.27. The molecule has 0 aromatic heterocycles. The first kappa shape index (κ1) is 16.0. The Kier molecular flexibility index (Phi) is 5.55. The van der Waals surface area contributed by atoms with E-state index in [2.05, 4.69) is 10.5 Å². The van der Waals surface area contributed by atoms with Crippen molar-refractivity contribution < 1.29 is 10.0 Å². The molecule has 0 atom stereocenters. The maximum atomic E-state index is 12.2. The van der Waals surface area contributed by atoms with Gasteiger partial charge in [0.2, 0.25) is 5.91 Å². The standard InChI is InChI=1S/C15H23N3O2/c1-4-15(5-2,14(16)18-20)17-13(19)10-12-8-6-7-11(3)9-12/h6-9,20H,4-5,10H2,1-3H3,(H2,16,18)(H,17,19). The number of amidine groups is 1. The lowest BCUT2D eigenvalue weighted by molar-refractivity contribution is -0.121. The van der Waals surface area contributed by atoms with E-state index in [9.17, 15) is 4.79 Å². The van der Waals surface area contributed by atoms with Crippen molar-refractivity contribution in [2.24, 2.45) is 10.9 Å². The predicted octanol–water partition coefficient (Wildman–Crippen LogP) is 1.96. The van der Waals surface area contributed by atoms with E-state index in [1.807, 2.05) is 45.0 Å². The lowest BCUT2D eigenvalue weighted by Gasteiger charge is -2.31. The van der Waals surface area contributed by atoms with Crippen molar-refractivity contribution in [3.05, 3.63) is 35.4 Å². The molecule has 20 heavy (non-hydrogen) atoms. The summed E-state index contributed by atoms with van der Waals surface area (Å²) in [5.41, 5.74) is 7.00. The molecule has 0 saturated carbocycles. The molecule has 0 radical (unpaired) electrons. The minimum atomic E-state index is -0.782. The number of hydrogen-bond acceptors (Lipinski definition) is 3. The average molecular weight is 277 g/mol. The van der Waals surface area contributed by atoms with Crippen LogP contribution >= 0.6 is 0 Å². The molecule has 0 unspecified atom stereocenters. The quantitative estimate of drug-likeness (QED) is 0.321. The van der Waals surface area contributed by atoms with Gasteiger partial charge >= 0.3 is 0 Å². The van der Waals surface area contributed by atoms with Gasteiger partial charge in [-0.25, -0.2) is 0 Å². The zero-order chi connectivity index (χ0) is 15.2. The van der Waals surface area contributed by atoms with Gasteiger partial charge in [0.1, 0.15) is 5.54 Å². The van der Waals surface area contributed by atoms with Crippen LogP contribution in [0.15, 0.2) is 29.4 Å². The van der Waals surface area contributed by atoms with Crippen molar-refractivity contribution in [3.8, 4) is 0 Å². The second-order valence-electron chi connectivity index (χ2n) is 4.99. The van der Waals surface area contributed by atoms with E-state index in [4.69, 9.17) is 10.9 Å². The summed E-state index contributed by atoms with van der Waals surface area (Å²) >= 11 is 0. The van der Waals surface area contributed by atoms with Gasteiger partial charge in [-0.3, -0.25) is 4.79 Å². The monoisotopic (exact) mass is 277 g/mol. The molecular formula is C15H23N3O2. The topological polar surface area (TPSA) is 87.7 Å². The Morgan fingerprint density at radius 2 is 2.05 bits per heavy atom. The van der Waals surface area contributed by atoms with Crippen molar-refractivity contribution in [1.82, 2.24) is 5.32 Å². The molecule has 1 amide bonds. The minimum Gasteiger partial charge on any atom is -0.409 e. The van der Waals surface area contributed by atoms with Gasteiger partial charge in [0.15, 0.2) is 5.84 Å². The molecule has 0 fully saturated rings. The van der Waals surface area contributed by atoms with E-state index in [0.717, 1.165) is 11.1 Å². The van der Waals surface area contributed by atoms with Crippen LogP contribution in [0.5, 0.6) is 0 Å². The molecule has 0 heterocycles. The highest BCUT2D eigenvalue weighted by atomic mass is 16.4. The Morgan fingerprint density at radius 3 is 2.55 bits per heavy atom. The first-order valence-electron chi connectivity index (χ1n) is 6.82. The Morgan fingerprint density at radius 1 is 1.40 bits per heavy atom. The van der Waals surface area contributed by atoms with Crippen molar-refractivity contribution >= 4 is 11.7 Å². The van der Waals surface area contributed by atoms with Gasteiger partial charge in [0.05, 0.1) is 6.42 Å². The van der Waals surface area contributed by atoms with Crippen LogP contribution < -0.4 is 11.1 Å². The summed E-state index contributed by atoms with van der Waals surface area (Å²) in [6, 6.07) is 7.80. The van der Waals surface area contributed by atoms with Gasteiger partial charge in [-0.1, -0.05) is 48.8 Å². The number of nitrogens with zero attached hydrogens (tertiary/aromatic N) is 1. The van der Waals surface area contributed by atoms with E-state index in [-0.39, 0.29) is 18.2 Å². The lowest BCUT2D eigenvalue weighted by atomic mass is 9.91. The normalized spacial score (nSPS) is 12.2. The summed E-state index contributed by atoms with van der Waals surface area (Å²) in [5.74, 6) is -0.0917. The van der Waals surface area contributed by atoms with Crippen molar-refractivity contribution in [2.45, 2.75) is 45.6 Å². The van der Waals surface area contributed by atoms with E-state index in [1.165, 1.54) is 0 Å². The zero-order valence-corrected chi connectivity index (χ0v) is 12.3. The van der Waals surface area contributed by atoms with Crippen molar-refractivity contribution in [3.63, 3.8) is 0 Å². The molecule has 1 aromatic rings. The molecule has 1 rings (SSSR count). The molecule has 0 bridgehead atoms. The largest absolute Gasteiger partial charge is 0.409 e. The molecule has 0 saturated heterocycles. The highest BCUT2D eigenvalue weighted by molar-refractivity contribution is 5.94. The maximum Gasteiger partial charge on any atom is 0.225 e. The summed E-state index contributed by atoms with van der Waals surface area (Å²) in [6.45, 7) is 5.78. The molecule has 0 aliphatic rings. The van der Waals surface area contributed by atoms with Crippen LogP contribution in [0.2, 0.25) is 0 Å². The van der Waals surface area contributed by atoms with Gasteiger partial charge < -0.3 is 16.3 Å². The van der Waals surface area contributed by atoms with E-state index in [1.54, 1.807) is 0 Å².